The van der Waals surface area contributed by atoms with Crippen LogP contribution in [0.2, 0.25) is 0 Å². The molecule has 0 nitrogen and oxygen atoms in total. The highest BCUT2D eigenvalue weighted by Crippen LogP contribution is 2.40. The van der Waals surface area contributed by atoms with Gasteiger partial charge in [0.05, 0.1) is 0 Å². The lowest BCUT2D eigenvalue weighted by molar-refractivity contribution is 0.297. The van der Waals surface area contributed by atoms with Gasteiger partial charge >= 0.3 is 0 Å². The molecule has 0 aliphatic heterocycles. The molecule has 0 saturated heterocycles. The smallest absolute Gasteiger partial charge is 0.159 e. The van der Waals surface area contributed by atoms with Crippen molar-refractivity contribution in [3.63, 3.8) is 0 Å². The maximum atomic E-state index is 13.5. The van der Waals surface area contributed by atoms with Crippen LogP contribution in [0.3, 0.4) is 0 Å². The molecule has 1 fully saturated rings. The first-order chi connectivity index (χ1) is 14.1. The maximum absolute atomic E-state index is 13.5. The predicted octanol–water partition coefficient (Wildman–Crippen LogP) is 8.10. The first kappa shape index (κ1) is 19.8. The lowest BCUT2D eigenvalue weighted by atomic mass is 9.75. The average Bonchev–Trinajstić information content (AvgIpc) is 2.77. The molecular weight excluding hydrogens is 362 g/mol. The lowest BCUT2D eigenvalue weighted by Crippen LogP contribution is -2.15. The number of hydrogen-bond donors (Lipinski definition) is 0. The predicted molar refractivity (Wildman–Crippen MR) is 116 cm³/mol. The van der Waals surface area contributed by atoms with Crippen LogP contribution in [0.4, 0.5) is 8.78 Å². The molecule has 0 aromatic heterocycles. The van der Waals surface area contributed by atoms with E-state index in [0.29, 0.717) is 17.4 Å². The Bertz CT molecular complexity index is 923. The summed E-state index contributed by atoms with van der Waals surface area (Å²) >= 11 is 0. The van der Waals surface area contributed by atoms with E-state index in [2.05, 4.69) is 49.4 Å². The summed E-state index contributed by atoms with van der Waals surface area (Å²) in [6.07, 6.45) is 6.30. The second-order valence-electron chi connectivity index (χ2n) is 8.52. The van der Waals surface area contributed by atoms with Gasteiger partial charge in [-0.2, -0.15) is 0 Å². The van der Waals surface area contributed by atoms with Crippen LogP contribution in [-0.2, 0) is 0 Å². The van der Waals surface area contributed by atoms with Crippen LogP contribution in [0.15, 0.2) is 72.8 Å². The SMILES string of the molecule is CC(CC1CCC(c2ccc(-c3ccc(F)c(F)c3)cc2)CC1)c1ccccc1. The highest BCUT2D eigenvalue weighted by molar-refractivity contribution is 5.63. The molecule has 150 valence electrons. The van der Waals surface area contributed by atoms with E-state index < -0.39 is 11.6 Å². The normalized spacial score (nSPS) is 20.4. The number of halogens is 2. The van der Waals surface area contributed by atoms with Gasteiger partial charge in [-0.05, 0) is 84.2 Å². The van der Waals surface area contributed by atoms with Gasteiger partial charge in [-0.3, -0.25) is 0 Å². The zero-order valence-electron chi connectivity index (χ0n) is 17.0. The molecule has 1 unspecified atom stereocenters. The zero-order valence-corrected chi connectivity index (χ0v) is 17.0. The summed E-state index contributed by atoms with van der Waals surface area (Å²) in [5.74, 6) is 0.437. The minimum Gasteiger partial charge on any atom is -0.204 e. The molecule has 1 aliphatic rings. The highest BCUT2D eigenvalue weighted by atomic mass is 19.2. The van der Waals surface area contributed by atoms with E-state index in [0.717, 1.165) is 11.5 Å². The van der Waals surface area contributed by atoms with Crippen molar-refractivity contribution in [1.29, 1.82) is 0 Å². The first-order valence-electron chi connectivity index (χ1n) is 10.7. The van der Waals surface area contributed by atoms with E-state index in [1.807, 2.05) is 12.1 Å². The lowest BCUT2D eigenvalue weighted by Gasteiger charge is -2.30. The van der Waals surface area contributed by atoms with E-state index in [9.17, 15) is 8.78 Å². The summed E-state index contributed by atoms with van der Waals surface area (Å²) in [5.41, 5.74) is 4.46. The summed E-state index contributed by atoms with van der Waals surface area (Å²) in [6, 6.07) is 23.3. The second-order valence-corrected chi connectivity index (χ2v) is 8.52. The molecule has 29 heavy (non-hydrogen) atoms. The molecule has 2 heteroatoms. The largest absolute Gasteiger partial charge is 0.204 e. The Kier molecular flexibility index (Phi) is 6.08. The first-order valence-corrected chi connectivity index (χ1v) is 10.7. The van der Waals surface area contributed by atoms with Gasteiger partial charge in [-0.1, -0.05) is 67.6 Å². The Balaban J connectivity index is 1.34. The minimum absolute atomic E-state index is 0.609. The van der Waals surface area contributed by atoms with Gasteiger partial charge in [0, 0.05) is 0 Å². The van der Waals surface area contributed by atoms with Crippen LogP contribution in [0.25, 0.3) is 11.1 Å². The van der Waals surface area contributed by atoms with E-state index in [1.165, 1.54) is 55.4 Å². The molecule has 0 radical (unpaired) electrons. The van der Waals surface area contributed by atoms with Crippen molar-refractivity contribution in [2.45, 2.75) is 50.9 Å². The van der Waals surface area contributed by atoms with Crippen molar-refractivity contribution in [2.24, 2.45) is 5.92 Å². The quantitative estimate of drug-likeness (QED) is 0.413. The standard InChI is InChI=1S/C27H28F2/c1-19(21-5-3-2-4-6-21)17-20-7-9-22(10-8-20)23-11-13-24(14-12-23)25-15-16-26(28)27(29)18-25/h2-6,11-16,18-20,22H,7-10,17H2,1H3. The van der Waals surface area contributed by atoms with Crippen LogP contribution in [0, 0.1) is 17.6 Å². The summed E-state index contributed by atoms with van der Waals surface area (Å²) in [5, 5.41) is 0. The molecule has 0 amide bonds. The summed E-state index contributed by atoms with van der Waals surface area (Å²) < 4.78 is 26.6. The molecule has 3 aromatic rings. The van der Waals surface area contributed by atoms with E-state index >= 15 is 0 Å². The van der Waals surface area contributed by atoms with Crippen molar-refractivity contribution in [3.8, 4) is 11.1 Å². The van der Waals surface area contributed by atoms with Gasteiger partial charge in [-0.15, -0.1) is 0 Å². The molecule has 1 saturated carbocycles. The molecule has 3 aromatic carbocycles. The van der Waals surface area contributed by atoms with E-state index in [4.69, 9.17) is 0 Å². The van der Waals surface area contributed by atoms with Crippen LogP contribution in [0.1, 0.15) is 62.0 Å². The molecule has 4 rings (SSSR count). The van der Waals surface area contributed by atoms with Crippen LogP contribution in [0.5, 0.6) is 0 Å². The molecule has 0 spiro atoms. The Morgan fingerprint density at radius 3 is 2.07 bits per heavy atom. The molecule has 0 N–H and O–H groups in total. The third-order valence-corrected chi connectivity index (χ3v) is 6.54. The molecule has 1 aliphatic carbocycles. The van der Waals surface area contributed by atoms with Crippen molar-refractivity contribution in [3.05, 3.63) is 95.6 Å². The van der Waals surface area contributed by atoms with Gasteiger partial charge in [0.2, 0.25) is 0 Å². The summed E-state index contributed by atoms with van der Waals surface area (Å²) in [4.78, 5) is 0. The Hall–Kier alpha value is -2.48. The number of rotatable bonds is 5. The fourth-order valence-corrected chi connectivity index (χ4v) is 4.77. The van der Waals surface area contributed by atoms with Crippen LogP contribution in [-0.4, -0.2) is 0 Å². The zero-order chi connectivity index (χ0) is 20.2. The van der Waals surface area contributed by atoms with Crippen LogP contribution >= 0.6 is 0 Å². The topological polar surface area (TPSA) is 0 Å². The molecular formula is C27H28F2. The minimum atomic E-state index is -0.802. The monoisotopic (exact) mass is 390 g/mol. The fourth-order valence-electron chi connectivity index (χ4n) is 4.77. The number of benzene rings is 3. The van der Waals surface area contributed by atoms with Crippen molar-refractivity contribution < 1.29 is 8.78 Å². The fraction of sp³-hybridized carbons (Fsp3) is 0.333. The Morgan fingerprint density at radius 1 is 0.759 bits per heavy atom. The molecule has 1 atom stereocenters. The van der Waals surface area contributed by atoms with E-state index in [-0.39, 0.29) is 0 Å². The van der Waals surface area contributed by atoms with Gasteiger partial charge in [0.15, 0.2) is 11.6 Å². The van der Waals surface area contributed by atoms with Gasteiger partial charge in [-0.25, -0.2) is 8.78 Å². The summed E-state index contributed by atoms with van der Waals surface area (Å²) in [7, 11) is 0. The average molecular weight is 391 g/mol. The van der Waals surface area contributed by atoms with Gasteiger partial charge < -0.3 is 0 Å². The summed E-state index contributed by atoms with van der Waals surface area (Å²) in [6.45, 7) is 2.35. The Labute approximate surface area is 172 Å². The molecule has 0 heterocycles. The van der Waals surface area contributed by atoms with Crippen LogP contribution < -0.4 is 0 Å². The second kappa shape index (κ2) is 8.90. The number of hydrogen-bond acceptors (Lipinski definition) is 0. The highest BCUT2D eigenvalue weighted by Gasteiger charge is 2.24. The Morgan fingerprint density at radius 2 is 1.41 bits per heavy atom. The van der Waals surface area contributed by atoms with Gasteiger partial charge in [0.1, 0.15) is 0 Å². The third kappa shape index (κ3) is 4.75. The van der Waals surface area contributed by atoms with Crippen molar-refractivity contribution >= 4 is 0 Å². The van der Waals surface area contributed by atoms with Crippen molar-refractivity contribution in [1.82, 2.24) is 0 Å². The third-order valence-electron chi connectivity index (χ3n) is 6.54. The maximum Gasteiger partial charge on any atom is 0.159 e. The van der Waals surface area contributed by atoms with Gasteiger partial charge in [0.25, 0.3) is 0 Å². The van der Waals surface area contributed by atoms with Crippen molar-refractivity contribution in [2.75, 3.05) is 0 Å². The molecule has 0 bridgehead atoms. The van der Waals surface area contributed by atoms with E-state index in [1.54, 1.807) is 6.07 Å².